The van der Waals surface area contributed by atoms with E-state index in [-0.39, 0.29) is 5.82 Å². The van der Waals surface area contributed by atoms with E-state index in [9.17, 15) is 9.50 Å². The van der Waals surface area contributed by atoms with Crippen LogP contribution in [0, 0.1) is 11.7 Å². The van der Waals surface area contributed by atoms with Gasteiger partial charge in [0.15, 0.2) is 0 Å². The molecule has 0 bridgehead atoms. The van der Waals surface area contributed by atoms with Crippen LogP contribution in [-0.2, 0) is 6.42 Å². The molecule has 3 heteroatoms. The molecule has 0 aliphatic heterocycles. The molecule has 0 saturated heterocycles. The predicted molar refractivity (Wildman–Crippen MR) is 79.6 cm³/mol. The highest BCUT2D eigenvalue weighted by Gasteiger charge is 2.32. The Hall–Kier alpha value is -0.410. The minimum absolute atomic E-state index is 0.248. The summed E-state index contributed by atoms with van der Waals surface area (Å²) in [4.78, 5) is 0. The summed E-state index contributed by atoms with van der Waals surface area (Å²) in [5.41, 5.74) is 0.409. The fraction of sp³-hybridized carbons (Fsp3) is 0.625. The van der Waals surface area contributed by atoms with Crippen molar-refractivity contribution in [3.63, 3.8) is 0 Å². The average molecular weight is 329 g/mol. The molecule has 19 heavy (non-hydrogen) atoms. The highest BCUT2D eigenvalue weighted by molar-refractivity contribution is 9.10. The van der Waals surface area contributed by atoms with Crippen molar-refractivity contribution in [1.29, 1.82) is 0 Å². The summed E-state index contributed by atoms with van der Waals surface area (Å²) in [6, 6.07) is 5.02. The van der Waals surface area contributed by atoms with Crippen molar-refractivity contribution < 1.29 is 9.50 Å². The van der Waals surface area contributed by atoms with Crippen LogP contribution in [0.15, 0.2) is 22.7 Å². The molecule has 1 aromatic rings. The fourth-order valence-corrected chi connectivity index (χ4v) is 3.54. The Morgan fingerprint density at radius 3 is 2.63 bits per heavy atom. The first-order valence-electron chi connectivity index (χ1n) is 7.19. The van der Waals surface area contributed by atoms with Crippen molar-refractivity contribution in [2.24, 2.45) is 5.92 Å². The third-order valence-electron chi connectivity index (χ3n) is 4.25. The van der Waals surface area contributed by atoms with E-state index in [1.807, 2.05) is 0 Å². The monoisotopic (exact) mass is 328 g/mol. The van der Waals surface area contributed by atoms with Crippen molar-refractivity contribution in [2.45, 2.75) is 57.5 Å². The van der Waals surface area contributed by atoms with Crippen molar-refractivity contribution in [3.8, 4) is 0 Å². The number of benzene rings is 1. The molecule has 0 unspecified atom stereocenters. The van der Waals surface area contributed by atoms with Gasteiger partial charge in [0.25, 0.3) is 0 Å². The van der Waals surface area contributed by atoms with Crippen LogP contribution in [0.1, 0.15) is 51.0 Å². The third kappa shape index (κ3) is 4.03. The zero-order valence-corrected chi connectivity index (χ0v) is 13.0. The van der Waals surface area contributed by atoms with Gasteiger partial charge in [-0.15, -0.1) is 0 Å². The molecule has 0 heterocycles. The van der Waals surface area contributed by atoms with Crippen LogP contribution in [0.2, 0.25) is 0 Å². The van der Waals surface area contributed by atoms with Crippen LogP contribution in [-0.4, -0.2) is 10.7 Å². The van der Waals surface area contributed by atoms with E-state index in [1.54, 1.807) is 12.1 Å². The van der Waals surface area contributed by atoms with Crippen LogP contribution in [0.25, 0.3) is 0 Å². The molecular formula is C16H22BrFO. The van der Waals surface area contributed by atoms with Gasteiger partial charge in [0, 0.05) is 6.42 Å². The molecule has 0 amide bonds. The minimum atomic E-state index is -0.596. The lowest BCUT2D eigenvalue weighted by Crippen LogP contribution is -2.36. The maximum atomic E-state index is 13.2. The van der Waals surface area contributed by atoms with Crippen molar-refractivity contribution >= 4 is 15.9 Å². The van der Waals surface area contributed by atoms with Gasteiger partial charge in [-0.1, -0.05) is 25.8 Å². The second-order valence-electron chi connectivity index (χ2n) is 5.88. The smallest absolute Gasteiger partial charge is 0.137 e. The van der Waals surface area contributed by atoms with Crippen LogP contribution in [0.3, 0.4) is 0 Å². The molecule has 2 rings (SSSR count). The summed E-state index contributed by atoms with van der Waals surface area (Å²) in [6.45, 7) is 2.22. The van der Waals surface area contributed by atoms with Crippen LogP contribution in [0.4, 0.5) is 4.39 Å². The zero-order valence-electron chi connectivity index (χ0n) is 11.5. The summed E-state index contributed by atoms with van der Waals surface area (Å²) in [7, 11) is 0. The number of hydrogen-bond donors (Lipinski definition) is 1. The van der Waals surface area contributed by atoms with Gasteiger partial charge in [0.2, 0.25) is 0 Å². The Morgan fingerprint density at radius 2 is 2.05 bits per heavy atom. The highest BCUT2D eigenvalue weighted by atomic mass is 79.9. The molecule has 1 fully saturated rings. The van der Waals surface area contributed by atoms with Crippen molar-refractivity contribution in [2.75, 3.05) is 0 Å². The SMILES string of the molecule is CCCC1CCC(O)(Cc2ccc(F)c(Br)c2)CC1. The first-order chi connectivity index (χ1) is 9.02. The summed E-state index contributed by atoms with van der Waals surface area (Å²) in [5, 5.41) is 10.7. The van der Waals surface area contributed by atoms with Gasteiger partial charge < -0.3 is 5.11 Å². The van der Waals surface area contributed by atoms with E-state index in [1.165, 1.54) is 18.9 Å². The zero-order chi connectivity index (χ0) is 13.9. The van der Waals surface area contributed by atoms with Gasteiger partial charge in [-0.2, -0.15) is 0 Å². The Morgan fingerprint density at radius 1 is 1.37 bits per heavy atom. The van der Waals surface area contributed by atoms with E-state index in [4.69, 9.17) is 0 Å². The standard InChI is InChI=1S/C16H22BrFO/c1-2-3-12-6-8-16(19,9-7-12)11-13-4-5-15(18)14(17)10-13/h4-5,10,12,19H,2-3,6-9,11H2,1H3. The quantitative estimate of drug-likeness (QED) is 0.837. The molecule has 0 spiro atoms. The van der Waals surface area contributed by atoms with E-state index in [0.29, 0.717) is 10.9 Å². The maximum Gasteiger partial charge on any atom is 0.137 e. The van der Waals surface area contributed by atoms with Crippen molar-refractivity contribution in [1.82, 2.24) is 0 Å². The lowest BCUT2D eigenvalue weighted by atomic mass is 9.75. The second kappa shape index (κ2) is 6.36. The van der Waals surface area contributed by atoms with Gasteiger partial charge >= 0.3 is 0 Å². The maximum absolute atomic E-state index is 13.2. The third-order valence-corrected chi connectivity index (χ3v) is 4.86. The number of rotatable bonds is 4. The first kappa shape index (κ1) is 15.0. The summed E-state index contributed by atoms with van der Waals surface area (Å²) in [6.07, 6.45) is 7.11. The Bertz CT molecular complexity index is 425. The summed E-state index contributed by atoms with van der Waals surface area (Å²) >= 11 is 3.20. The number of hydrogen-bond acceptors (Lipinski definition) is 1. The second-order valence-corrected chi connectivity index (χ2v) is 6.74. The number of halogens is 2. The molecule has 1 N–H and O–H groups in total. The lowest BCUT2D eigenvalue weighted by molar-refractivity contribution is -0.00989. The summed E-state index contributed by atoms with van der Waals surface area (Å²) < 4.78 is 13.7. The lowest BCUT2D eigenvalue weighted by Gasteiger charge is -2.36. The normalized spacial score (nSPS) is 27.5. The molecule has 106 valence electrons. The van der Waals surface area contributed by atoms with E-state index >= 15 is 0 Å². The van der Waals surface area contributed by atoms with Gasteiger partial charge in [-0.3, -0.25) is 0 Å². The highest BCUT2D eigenvalue weighted by Crippen LogP contribution is 2.36. The van der Waals surface area contributed by atoms with E-state index in [2.05, 4.69) is 22.9 Å². The van der Waals surface area contributed by atoms with Gasteiger partial charge in [0.05, 0.1) is 10.1 Å². The Balaban J connectivity index is 1.96. The molecule has 0 atom stereocenters. The Kier molecular flexibility index (Phi) is 5.02. The van der Waals surface area contributed by atoms with Crippen LogP contribution in [0.5, 0.6) is 0 Å². The van der Waals surface area contributed by atoms with Gasteiger partial charge in [0.1, 0.15) is 5.82 Å². The molecular weight excluding hydrogens is 307 g/mol. The average Bonchev–Trinajstić information content (AvgIpc) is 2.37. The number of aliphatic hydroxyl groups is 1. The van der Waals surface area contributed by atoms with Crippen molar-refractivity contribution in [3.05, 3.63) is 34.1 Å². The van der Waals surface area contributed by atoms with Crippen LogP contribution < -0.4 is 0 Å². The van der Waals surface area contributed by atoms with E-state index < -0.39 is 5.60 Å². The van der Waals surface area contributed by atoms with Gasteiger partial charge in [-0.05, 0) is 65.2 Å². The topological polar surface area (TPSA) is 20.2 Å². The Labute approximate surface area is 123 Å². The molecule has 1 aliphatic rings. The fourth-order valence-electron chi connectivity index (χ4n) is 3.12. The van der Waals surface area contributed by atoms with Gasteiger partial charge in [-0.25, -0.2) is 4.39 Å². The predicted octanol–water partition coefficient (Wildman–Crippen LogP) is 4.85. The molecule has 1 aromatic carbocycles. The molecule has 1 nitrogen and oxygen atoms in total. The molecule has 0 aromatic heterocycles. The summed E-state index contributed by atoms with van der Waals surface area (Å²) in [5.74, 6) is 0.535. The molecule has 1 aliphatic carbocycles. The first-order valence-corrected chi connectivity index (χ1v) is 7.98. The largest absolute Gasteiger partial charge is 0.390 e. The molecule has 0 radical (unpaired) electrons. The van der Waals surface area contributed by atoms with E-state index in [0.717, 1.165) is 37.2 Å². The van der Waals surface area contributed by atoms with Crippen LogP contribution >= 0.6 is 15.9 Å². The minimum Gasteiger partial charge on any atom is -0.390 e. The molecule has 1 saturated carbocycles.